The summed E-state index contributed by atoms with van der Waals surface area (Å²) in [7, 11) is -4.18. The molecule has 4 atom stereocenters. The molecule has 2 aliphatic rings. The van der Waals surface area contributed by atoms with Gasteiger partial charge < -0.3 is 36.4 Å². The van der Waals surface area contributed by atoms with Gasteiger partial charge in [-0.25, -0.2) is 0 Å². The van der Waals surface area contributed by atoms with E-state index in [1.165, 1.54) is 0 Å². The summed E-state index contributed by atoms with van der Waals surface area (Å²) in [5, 5.41) is 8.43. The van der Waals surface area contributed by atoms with Gasteiger partial charge in [-0.3, -0.25) is 28.5 Å². The molecule has 0 bridgehead atoms. The number of primary amides is 1. The first-order valence-electron chi connectivity index (χ1n) is 16.0. The van der Waals surface area contributed by atoms with E-state index in [-0.39, 0.29) is 49.8 Å². The van der Waals surface area contributed by atoms with E-state index in [0.717, 1.165) is 30.4 Å². The summed E-state index contributed by atoms with van der Waals surface area (Å²) >= 11 is 0. The number of nitrogens with one attached hydrogen (secondary N) is 3. The van der Waals surface area contributed by atoms with E-state index in [4.69, 9.17) is 15.5 Å². The molecule has 0 saturated carbocycles. The molecule has 7 N–H and O–H groups in total. The molecule has 0 aromatic heterocycles. The second-order valence-corrected chi connectivity index (χ2v) is 14.0. The minimum Gasteiger partial charge on any atom is -0.370 e. The van der Waals surface area contributed by atoms with Crippen molar-refractivity contribution in [2.45, 2.75) is 101 Å². The van der Waals surface area contributed by atoms with E-state index in [1.54, 1.807) is 29.2 Å². The summed E-state index contributed by atoms with van der Waals surface area (Å²) in [6.07, 6.45) is 3.80. The molecule has 4 rings (SSSR count). The van der Waals surface area contributed by atoms with Crippen LogP contribution in [-0.4, -0.2) is 68.4 Å². The third kappa shape index (κ3) is 11.0. The number of fused-ring (bicyclic) bond motifs is 1. The zero-order valence-corrected chi connectivity index (χ0v) is 27.2. The molecule has 47 heavy (non-hydrogen) atoms. The maximum absolute atomic E-state index is 13.9. The maximum Gasteiger partial charge on any atom is 0.329 e. The highest BCUT2D eigenvalue weighted by Crippen LogP contribution is 2.39. The van der Waals surface area contributed by atoms with Crippen LogP contribution in [0.3, 0.4) is 0 Å². The molecular formula is C33H44N5O8P. The van der Waals surface area contributed by atoms with Crippen molar-refractivity contribution in [3.8, 4) is 0 Å². The highest BCUT2D eigenvalue weighted by Gasteiger charge is 2.44. The van der Waals surface area contributed by atoms with Crippen LogP contribution in [-0.2, 0) is 47.7 Å². The van der Waals surface area contributed by atoms with Gasteiger partial charge in [0, 0.05) is 25.4 Å². The average molecular weight is 670 g/mol. The molecule has 5 amide bonds. The fraction of sp³-hybridized carbons (Fsp3) is 0.485. The molecule has 2 saturated heterocycles. The molecule has 0 aliphatic carbocycles. The summed E-state index contributed by atoms with van der Waals surface area (Å²) in [4.78, 5) is 85.0. The fourth-order valence-corrected chi connectivity index (χ4v) is 6.91. The zero-order chi connectivity index (χ0) is 34.0. The lowest BCUT2D eigenvalue weighted by Crippen LogP contribution is -2.58. The van der Waals surface area contributed by atoms with Gasteiger partial charge in [0.2, 0.25) is 29.5 Å². The van der Waals surface area contributed by atoms with Crippen LogP contribution in [0.1, 0.15) is 74.5 Å². The maximum atomic E-state index is 13.9. The van der Waals surface area contributed by atoms with Gasteiger partial charge in [0.05, 0.1) is 6.16 Å². The van der Waals surface area contributed by atoms with E-state index in [1.807, 2.05) is 30.3 Å². The number of nitrogens with two attached hydrogens (primary N) is 1. The van der Waals surface area contributed by atoms with Crippen molar-refractivity contribution in [3.05, 3.63) is 71.3 Å². The molecule has 2 aromatic rings. The summed E-state index contributed by atoms with van der Waals surface area (Å²) in [6, 6.07) is 13.1. The van der Waals surface area contributed by atoms with Crippen LogP contribution in [0.2, 0.25) is 0 Å². The molecular weight excluding hydrogens is 625 g/mol. The predicted octanol–water partition coefficient (Wildman–Crippen LogP) is 1.78. The van der Waals surface area contributed by atoms with Crippen LogP contribution in [0.5, 0.6) is 0 Å². The number of carbonyl (C=O) groups excluding carboxylic acids is 5. The molecule has 0 unspecified atom stereocenters. The Kier molecular flexibility index (Phi) is 12.7. The van der Waals surface area contributed by atoms with Crippen LogP contribution in [0.15, 0.2) is 54.6 Å². The molecule has 0 radical (unpaired) electrons. The second kappa shape index (κ2) is 16.7. The van der Waals surface area contributed by atoms with Gasteiger partial charge in [0.25, 0.3) is 0 Å². The van der Waals surface area contributed by atoms with Crippen molar-refractivity contribution in [2.75, 3.05) is 0 Å². The van der Waals surface area contributed by atoms with Crippen LogP contribution in [0.4, 0.5) is 0 Å². The van der Waals surface area contributed by atoms with Crippen LogP contribution in [0.25, 0.3) is 0 Å². The van der Waals surface area contributed by atoms with Gasteiger partial charge in [-0.1, -0.05) is 67.4 Å². The van der Waals surface area contributed by atoms with Crippen molar-refractivity contribution in [3.63, 3.8) is 0 Å². The molecule has 2 aliphatic heterocycles. The van der Waals surface area contributed by atoms with Crippen molar-refractivity contribution >= 4 is 37.1 Å². The first-order valence-corrected chi connectivity index (χ1v) is 17.8. The van der Waals surface area contributed by atoms with Gasteiger partial charge in [-0.2, -0.15) is 0 Å². The fourth-order valence-electron chi connectivity index (χ4n) is 6.23. The van der Waals surface area contributed by atoms with E-state index in [0.29, 0.717) is 31.2 Å². The lowest BCUT2D eigenvalue weighted by molar-refractivity contribution is -0.144. The first-order chi connectivity index (χ1) is 22.4. The standard InChI is InChI=1S/C33H44N5O8P/c34-29(39)18-16-26(31(41)35-20-23-6-2-1-3-7-23)37-32(42)28-17-15-25-8-4-5-9-27(33(43)38(25)28)36-30(40)19-14-22-10-12-24(13-11-22)21-47(44,45)46/h1-3,6-7,10-13,25-28H,4-5,8-9,14-21H2,(H2,34,39)(H,35,41)(H,36,40)(H,37,42)(H2,44,45,46)/t25-,26-,27-,28-/m0/s1. The number of hydrogen-bond donors (Lipinski definition) is 6. The van der Waals surface area contributed by atoms with Crippen molar-refractivity contribution < 1.29 is 38.3 Å². The van der Waals surface area contributed by atoms with E-state index < -0.39 is 43.4 Å². The topological polar surface area (TPSA) is 208 Å². The Hall–Kier alpha value is -4.06. The Labute approximate surface area is 274 Å². The van der Waals surface area contributed by atoms with Gasteiger partial charge in [0.15, 0.2) is 0 Å². The quantitative estimate of drug-likeness (QED) is 0.163. The summed E-state index contributed by atoms with van der Waals surface area (Å²) < 4.78 is 11.2. The normalized spacial score (nSPS) is 20.3. The molecule has 2 heterocycles. The minimum atomic E-state index is -4.18. The molecule has 2 fully saturated rings. The van der Waals surface area contributed by atoms with Gasteiger partial charge in [0.1, 0.15) is 18.1 Å². The monoisotopic (exact) mass is 669 g/mol. The van der Waals surface area contributed by atoms with E-state index >= 15 is 0 Å². The number of amides is 5. The van der Waals surface area contributed by atoms with Crippen LogP contribution in [0, 0.1) is 0 Å². The average Bonchev–Trinajstić information content (AvgIpc) is 3.45. The number of rotatable bonds is 14. The molecule has 14 heteroatoms. The number of nitrogens with zero attached hydrogens (tertiary/aromatic N) is 1. The lowest BCUT2D eigenvalue weighted by atomic mass is 9.98. The lowest BCUT2D eigenvalue weighted by Gasteiger charge is -2.35. The molecule has 2 aromatic carbocycles. The van der Waals surface area contributed by atoms with Gasteiger partial charge in [-0.05, 0) is 55.2 Å². The highest BCUT2D eigenvalue weighted by atomic mass is 31.2. The number of hydrogen-bond acceptors (Lipinski definition) is 6. The van der Waals surface area contributed by atoms with Gasteiger partial charge >= 0.3 is 7.60 Å². The SMILES string of the molecule is NC(=O)CC[C@H](NC(=O)[C@@H]1CC[C@@H]2CCCC[C@H](NC(=O)CCc3ccc(CP(=O)(O)O)cc3)C(=O)N21)C(=O)NCc1ccccc1. The number of benzene rings is 2. The zero-order valence-electron chi connectivity index (χ0n) is 26.3. The smallest absolute Gasteiger partial charge is 0.329 e. The molecule has 0 spiro atoms. The summed E-state index contributed by atoms with van der Waals surface area (Å²) in [5.41, 5.74) is 7.52. The van der Waals surface area contributed by atoms with Gasteiger partial charge in [-0.15, -0.1) is 0 Å². The third-order valence-electron chi connectivity index (χ3n) is 8.65. The van der Waals surface area contributed by atoms with E-state index in [9.17, 15) is 28.5 Å². The largest absolute Gasteiger partial charge is 0.370 e. The second-order valence-electron chi connectivity index (χ2n) is 12.3. The Morgan fingerprint density at radius 3 is 2.26 bits per heavy atom. The predicted molar refractivity (Wildman–Crippen MR) is 173 cm³/mol. The number of carbonyl (C=O) groups is 5. The third-order valence-corrected chi connectivity index (χ3v) is 9.42. The Bertz CT molecular complexity index is 1470. The van der Waals surface area contributed by atoms with Crippen LogP contribution < -0.4 is 21.7 Å². The molecule has 13 nitrogen and oxygen atoms in total. The Morgan fingerprint density at radius 2 is 1.57 bits per heavy atom. The van der Waals surface area contributed by atoms with Crippen molar-refractivity contribution in [1.82, 2.24) is 20.9 Å². The van der Waals surface area contributed by atoms with Crippen molar-refractivity contribution in [1.29, 1.82) is 0 Å². The van der Waals surface area contributed by atoms with E-state index in [2.05, 4.69) is 16.0 Å². The Morgan fingerprint density at radius 1 is 0.894 bits per heavy atom. The van der Waals surface area contributed by atoms with Crippen molar-refractivity contribution in [2.24, 2.45) is 5.73 Å². The Balaban J connectivity index is 1.37. The number of aryl methyl sites for hydroxylation is 1. The minimum absolute atomic E-state index is 0.0108. The van der Waals surface area contributed by atoms with Crippen LogP contribution >= 0.6 is 7.60 Å². The molecule has 254 valence electrons. The highest BCUT2D eigenvalue weighted by molar-refractivity contribution is 7.50. The first kappa shape index (κ1) is 35.8. The summed E-state index contributed by atoms with van der Waals surface area (Å²) in [5.74, 6) is -2.20. The summed E-state index contributed by atoms with van der Waals surface area (Å²) in [6.45, 7) is 0.238.